The van der Waals surface area contributed by atoms with Gasteiger partial charge in [-0.25, -0.2) is 4.99 Å². The maximum absolute atomic E-state index is 12.7. The second-order valence-electron chi connectivity index (χ2n) is 6.95. The molecule has 27 heavy (non-hydrogen) atoms. The molecule has 0 aliphatic heterocycles. The average molecular weight is 437 g/mol. The lowest BCUT2D eigenvalue weighted by molar-refractivity contribution is -0.136. The molecule has 1 aromatic heterocycles. The number of thiocarbonyl (C=S) groups is 1. The third-order valence-corrected chi connectivity index (χ3v) is 5.68. The van der Waals surface area contributed by atoms with E-state index in [0.29, 0.717) is 21.1 Å². The molecule has 148 valence electrons. The first-order valence-electron chi connectivity index (χ1n) is 8.11. The summed E-state index contributed by atoms with van der Waals surface area (Å²) >= 11 is 12.8. The molecular formula is C18H20ClF3N2OS2. The summed E-state index contributed by atoms with van der Waals surface area (Å²) in [6, 6.07) is 4.97. The molecule has 0 atom stereocenters. The van der Waals surface area contributed by atoms with E-state index in [9.17, 15) is 13.2 Å². The Balaban J connectivity index is 2.50. The fraction of sp³-hybridized carbons (Fsp3) is 0.444. The van der Waals surface area contributed by atoms with Crippen LogP contribution in [0.25, 0.3) is 0 Å². The summed E-state index contributed by atoms with van der Waals surface area (Å²) in [5.74, 6) is 0.502. The highest BCUT2D eigenvalue weighted by atomic mass is 35.5. The van der Waals surface area contributed by atoms with Crippen molar-refractivity contribution < 1.29 is 17.9 Å². The molecule has 3 nitrogen and oxygen atoms in total. The monoisotopic (exact) mass is 436 g/mol. The fourth-order valence-electron chi connectivity index (χ4n) is 2.22. The van der Waals surface area contributed by atoms with Crippen LogP contribution in [-0.2, 0) is 12.0 Å². The average Bonchev–Trinajstić information content (AvgIpc) is 2.95. The Morgan fingerprint density at radius 3 is 2.52 bits per heavy atom. The number of alkyl halides is 3. The molecule has 0 amide bonds. The standard InChI is InChI=1S/C18H20ClF3N2OS2/c1-17(2,3)14-10-24(8-7-18(20,21)22)16(27-14)23-15(26)12-9-11(19)5-6-13(12)25-4/h5-6,9-10H,7-8H2,1-4H3. The smallest absolute Gasteiger partial charge is 0.390 e. The molecule has 0 unspecified atom stereocenters. The molecule has 0 aliphatic rings. The Morgan fingerprint density at radius 2 is 1.96 bits per heavy atom. The van der Waals surface area contributed by atoms with Crippen LogP contribution < -0.4 is 9.54 Å². The van der Waals surface area contributed by atoms with Crippen LogP contribution in [0.2, 0.25) is 5.02 Å². The van der Waals surface area contributed by atoms with Gasteiger partial charge in [-0.05, 0) is 23.6 Å². The lowest BCUT2D eigenvalue weighted by Crippen LogP contribution is -2.20. The Morgan fingerprint density at radius 1 is 1.30 bits per heavy atom. The second-order valence-corrected chi connectivity index (χ2v) is 8.78. The number of ether oxygens (including phenoxy) is 1. The minimum atomic E-state index is -4.25. The second kappa shape index (κ2) is 8.32. The molecule has 0 N–H and O–H groups in total. The lowest BCUT2D eigenvalue weighted by Gasteiger charge is -2.14. The molecule has 0 saturated heterocycles. The zero-order valence-corrected chi connectivity index (χ0v) is 17.7. The number of nitrogens with zero attached hydrogens (tertiary/aromatic N) is 2. The van der Waals surface area contributed by atoms with E-state index in [-0.39, 0.29) is 16.9 Å². The molecule has 2 aromatic rings. The molecule has 0 fully saturated rings. The van der Waals surface area contributed by atoms with Gasteiger partial charge in [0.2, 0.25) is 0 Å². The molecule has 0 saturated carbocycles. The van der Waals surface area contributed by atoms with Crippen molar-refractivity contribution in [3.05, 3.63) is 44.7 Å². The predicted molar refractivity (Wildman–Crippen MR) is 107 cm³/mol. The quantitative estimate of drug-likeness (QED) is 0.571. The van der Waals surface area contributed by atoms with Gasteiger partial charge in [0.15, 0.2) is 4.80 Å². The maximum Gasteiger partial charge on any atom is 0.390 e. The van der Waals surface area contributed by atoms with E-state index in [1.807, 2.05) is 20.8 Å². The van der Waals surface area contributed by atoms with Gasteiger partial charge >= 0.3 is 6.18 Å². The van der Waals surface area contributed by atoms with E-state index >= 15 is 0 Å². The first-order chi connectivity index (χ1) is 12.4. The van der Waals surface area contributed by atoms with Gasteiger partial charge in [-0.3, -0.25) is 0 Å². The van der Waals surface area contributed by atoms with Gasteiger partial charge < -0.3 is 9.30 Å². The van der Waals surface area contributed by atoms with E-state index in [0.717, 1.165) is 4.88 Å². The molecule has 0 radical (unpaired) electrons. The SMILES string of the molecule is COc1ccc(Cl)cc1C(=S)N=c1sc(C(C)(C)C)cn1CCC(F)(F)F. The normalized spacial score (nSPS) is 13.1. The Bertz CT molecular complexity index is 895. The molecule has 1 heterocycles. The molecule has 2 rings (SSSR count). The Hall–Kier alpha value is -1.38. The number of methoxy groups -OCH3 is 1. The third kappa shape index (κ3) is 6.05. The van der Waals surface area contributed by atoms with Crippen LogP contribution in [0.15, 0.2) is 29.4 Å². The summed E-state index contributed by atoms with van der Waals surface area (Å²) in [7, 11) is 1.50. The first kappa shape index (κ1) is 21.9. The van der Waals surface area contributed by atoms with Crippen LogP contribution in [0.4, 0.5) is 13.2 Å². The number of hydrogen-bond donors (Lipinski definition) is 0. The van der Waals surface area contributed by atoms with Gasteiger partial charge in [-0.1, -0.05) is 44.6 Å². The van der Waals surface area contributed by atoms with Gasteiger partial charge in [0, 0.05) is 22.6 Å². The van der Waals surface area contributed by atoms with Crippen molar-refractivity contribution in [3.8, 4) is 5.75 Å². The van der Waals surface area contributed by atoms with E-state index in [2.05, 4.69) is 4.99 Å². The van der Waals surface area contributed by atoms with E-state index < -0.39 is 12.6 Å². The number of benzene rings is 1. The molecule has 0 bridgehead atoms. The zero-order valence-electron chi connectivity index (χ0n) is 15.4. The Kier molecular flexibility index (Phi) is 6.76. The topological polar surface area (TPSA) is 26.5 Å². The van der Waals surface area contributed by atoms with Crippen LogP contribution in [0, 0.1) is 0 Å². The van der Waals surface area contributed by atoms with Gasteiger partial charge in [0.25, 0.3) is 0 Å². The largest absolute Gasteiger partial charge is 0.496 e. The van der Waals surface area contributed by atoms with Gasteiger partial charge in [-0.2, -0.15) is 13.2 Å². The number of hydrogen-bond acceptors (Lipinski definition) is 3. The molecule has 0 aliphatic carbocycles. The minimum Gasteiger partial charge on any atom is -0.496 e. The van der Waals surface area contributed by atoms with Crippen LogP contribution in [0.3, 0.4) is 0 Å². The lowest BCUT2D eigenvalue weighted by atomic mass is 9.95. The highest BCUT2D eigenvalue weighted by Gasteiger charge is 2.27. The summed E-state index contributed by atoms with van der Waals surface area (Å²) < 4.78 is 44.8. The van der Waals surface area contributed by atoms with Crippen molar-refractivity contribution in [3.63, 3.8) is 0 Å². The molecule has 0 spiro atoms. The molecular weight excluding hydrogens is 417 g/mol. The number of halogens is 4. The number of aromatic nitrogens is 1. The van der Waals surface area contributed by atoms with Crippen LogP contribution in [0.5, 0.6) is 5.75 Å². The van der Waals surface area contributed by atoms with E-state index in [4.69, 9.17) is 28.6 Å². The zero-order chi connectivity index (χ0) is 20.4. The van der Waals surface area contributed by atoms with E-state index in [1.54, 1.807) is 24.4 Å². The fourth-order valence-corrected chi connectivity index (χ4v) is 3.77. The van der Waals surface area contributed by atoms with Crippen molar-refractivity contribution in [1.82, 2.24) is 4.57 Å². The minimum absolute atomic E-state index is 0.206. The Labute approximate surface area is 170 Å². The summed E-state index contributed by atoms with van der Waals surface area (Å²) in [6.45, 7) is 5.77. The number of rotatable bonds is 4. The van der Waals surface area contributed by atoms with Crippen LogP contribution in [-0.4, -0.2) is 22.8 Å². The first-order valence-corrected chi connectivity index (χ1v) is 9.71. The number of thiazole rings is 1. The predicted octanol–water partition coefficient (Wildman–Crippen LogP) is 5.74. The third-order valence-electron chi connectivity index (χ3n) is 3.68. The highest BCUT2D eigenvalue weighted by Crippen LogP contribution is 2.27. The van der Waals surface area contributed by atoms with Gasteiger partial charge in [0.05, 0.1) is 19.1 Å². The van der Waals surface area contributed by atoms with Crippen LogP contribution in [0.1, 0.15) is 37.6 Å². The number of aryl methyl sites for hydroxylation is 1. The van der Waals surface area contributed by atoms with Gasteiger partial charge in [0.1, 0.15) is 10.7 Å². The van der Waals surface area contributed by atoms with E-state index in [1.165, 1.54) is 23.0 Å². The summed E-state index contributed by atoms with van der Waals surface area (Å²) in [5.41, 5.74) is 0.307. The molecule has 9 heteroatoms. The van der Waals surface area contributed by atoms with Crippen molar-refractivity contribution in [2.75, 3.05) is 7.11 Å². The summed E-state index contributed by atoms with van der Waals surface area (Å²) in [4.78, 5) is 5.96. The van der Waals surface area contributed by atoms with Crippen molar-refractivity contribution >= 4 is 40.1 Å². The van der Waals surface area contributed by atoms with Crippen molar-refractivity contribution in [2.24, 2.45) is 4.99 Å². The highest BCUT2D eigenvalue weighted by molar-refractivity contribution is 7.80. The van der Waals surface area contributed by atoms with Crippen molar-refractivity contribution in [2.45, 2.75) is 45.3 Å². The molecule has 1 aromatic carbocycles. The maximum atomic E-state index is 12.7. The van der Waals surface area contributed by atoms with Gasteiger partial charge in [-0.15, -0.1) is 11.3 Å². The van der Waals surface area contributed by atoms with Crippen molar-refractivity contribution in [1.29, 1.82) is 0 Å². The summed E-state index contributed by atoms with van der Waals surface area (Å²) in [6.07, 6.45) is -3.47. The van der Waals surface area contributed by atoms with Crippen LogP contribution >= 0.6 is 35.2 Å². The summed E-state index contributed by atoms with van der Waals surface area (Å²) in [5, 5.41) is 0.467.